The molecule has 0 radical (unpaired) electrons. The Morgan fingerprint density at radius 2 is 1.21 bits per heavy atom. The average Bonchev–Trinajstić information content (AvgIpc) is 2.93. The number of aliphatic hydroxyl groups excluding tert-OH is 1. The molecule has 43 heavy (non-hydrogen) atoms. The quantitative estimate of drug-likeness (QED) is 0.195. The van der Waals surface area contributed by atoms with Gasteiger partial charge in [0.1, 0.15) is 27.8 Å². The van der Waals surface area contributed by atoms with Crippen LogP contribution in [-0.4, -0.2) is 30.4 Å². The van der Waals surface area contributed by atoms with Crippen LogP contribution < -0.4 is 0 Å². The van der Waals surface area contributed by atoms with Crippen LogP contribution in [-0.2, 0) is 6.42 Å². The van der Waals surface area contributed by atoms with E-state index in [2.05, 4.69) is 13.8 Å². The number of alkyl halides is 2. The fraction of sp³-hybridized carbons (Fsp3) is 0.667. The maximum atomic E-state index is 11.2. The maximum Gasteiger partial charge on any atom is 0.123 e. The highest BCUT2D eigenvalue weighted by atomic mass is 35.5. The second-order valence-corrected chi connectivity index (χ2v) is 14.5. The van der Waals surface area contributed by atoms with Gasteiger partial charge in [-0.15, -0.1) is 23.2 Å². The zero-order valence-corrected chi connectivity index (χ0v) is 27.9. The molecular weight excluding hydrogens is 583 g/mol. The van der Waals surface area contributed by atoms with Crippen LogP contribution in [0.1, 0.15) is 151 Å². The highest BCUT2D eigenvalue weighted by molar-refractivity contribution is 6.44. The number of rotatable bonds is 7. The molecule has 5 atom stereocenters. The number of benzene rings is 2. The highest BCUT2D eigenvalue weighted by Crippen LogP contribution is 2.44. The predicted molar refractivity (Wildman–Crippen MR) is 178 cm³/mol. The Morgan fingerprint density at radius 1 is 0.721 bits per heavy atom. The summed E-state index contributed by atoms with van der Waals surface area (Å²) in [4.78, 5) is -0.440. The van der Waals surface area contributed by atoms with Crippen molar-refractivity contribution < 1.29 is 25.5 Å². The van der Waals surface area contributed by atoms with Crippen molar-refractivity contribution in [1.82, 2.24) is 0 Å². The van der Waals surface area contributed by atoms with Crippen LogP contribution in [0.5, 0.6) is 23.0 Å². The first kappa shape index (κ1) is 35.7. The molecule has 5 nitrogen and oxygen atoms in total. The molecule has 2 aromatic rings. The first-order valence-electron chi connectivity index (χ1n) is 16.6. The smallest absolute Gasteiger partial charge is 0.123 e. The average molecular weight is 638 g/mol. The van der Waals surface area contributed by atoms with Crippen LogP contribution in [0.3, 0.4) is 0 Å². The van der Waals surface area contributed by atoms with Crippen molar-refractivity contribution in [3.63, 3.8) is 0 Å². The number of phenolic OH excluding ortho intramolecular Hbond substituents is 4. The third kappa shape index (κ3) is 10.6. The van der Waals surface area contributed by atoms with E-state index in [-0.39, 0.29) is 40.8 Å². The lowest BCUT2D eigenvalue weighted by molar-refractivity contribution is 0.110. The molecule has 6 rings (SSSR count). The van der Waals surface area contributed by atoms with Gasteiger partial charge in [-0.05, 0) is 104 Å². The van der Waals surface area contributed by atoms with Gasteiger partial charge in [0.05, 0.1) is 6.10 Å². The molecule has 4 aliphatic carbocycles. The summed E-state index contributed by atoms with van der Waals surface area (Å²) in [5.74, 6) is 0.818. The van der Waals surface area contributed by atoms with Crippen molar-refractivity contribution in [3.05, 3.63) is 46.5 Å². The topological polar surface area (TPSA) is 101 Å². The van der Waals surface area contributed by atoms with Crippen LogP contribution >= 0.6 is 23.2 Å². The minimum atomic E-state index is -0.805. The first-order chi connectivity index (χ1) is 20.5. The largest absolute Gasteiger partial charge is 0.508 e. The molecule has 0 saturated carbocycles. The van der Waals surface area contributed by atoms with Gasteiger partial charge in [0.25, 0.3) is 0 Å². The zero-order chi connectivity index (χ0) is 31.5. The van der Waals surface area contributed by atoms with Crippen molar-refractivity contribution >= 4 is 23.2 Å². The SMILES string of the molecule is CCCCC1CCCCC(C)Cc2cc(O)c(c(O)c2)C(CCCC(Cl)Cl)CCCCC(C)C(O)c2cc(O)c1c(O)c2. The normalized spacial score (nSPS) is 24.6. The molecule has 0 aliphatic heterocycles. The Balaban J connectivity index is 1.87. The fourth-order valence-electron chi connectivity index (χ4n) is 7.02. The number of hydrogen-bond donors (Lipinski definition) is 5. The lowest BCUT2D eigenvalue weighted by Crippen LogP contribution is -2.11. The van der Waals surface area contributed by atoms with Gasteiger partial charge in [0.2, 0.25) is 0 Å². The standard InChI is InChI=1S/C36H54Cl2O5/c1-4-5-13-26-14-8-6-11-23(2)18-25-19-29(39)34(30(40)20-25)27(16-10-17-33(37)38)15-9-7-12-24(3)36(43)28-21-31(41)35(26)32(42)22-28/h19-24,26-27,33,36,39-43H,4-18H2,1-3H3. The summed E-state index contributed by atoms with van der Waals surface area (Å²) >= 11 is 12.0. The highest BCUT2D eigenvalue weighted by Gasteiger charge is 2.25. The molecule has 0 fully saturated rings. The van der Waals surface area contributed by atoms with Gasteiger partial charge in [-0.25, -0.2) is 0 Å². The summed E-state index contributed by atoms with van der Waals surface area (Å²) in [6, 6.07) is 6.94. The molecule has 0 aromatic heterocycles. The lowest BCUT2D eigenvalue weighted by atomic mass is 9.83. The van der Waals surface area contributed by atoms with Gasteiger partial charge < -0.3 is 25.5 Å². The van der Waals surface area contributed by atoms with Gasteiger partial charge in [0, 0.05) is 11.1 Å². The summed E-state index contributed by atoms with van der Waals surface area (Å²) in [6.45, 7) is 6.35. The van der Waals surface area contributed by atoms with E-state index in [1.54, 1.807) is 12.1 Å². The second kappa shape index (κ2) is 17.6. The van der Waals surface area contributed by atoms with Gasteiger partial charge in [-0.1, -0.05) is 72.1 Å². The summed E-state index contributed by atoms with van der Waals surface area (Å²) in [5, 5.41) is 55.5. The summed E-state index contributed by atoms with van der Waals surface area (Å²) in [7, 11) is 0. The molecule has 5 N–H and O–H groups in total. The van der Waals surface area contributed by atoms with E-state index in [9.17, 15) is 25.5 Å². The van der Waals surface area contributed by atoms with Gasteiger partial charge >= 0.3 is 0 Å². The van der Waals surface area contributed by atoms with E-state index in [1.807, 2.05) is 19.1 Å². The number of hydrogen-bond acceptors (Lipinski definition) is 5. The number of halogens is 2. The number of unbranched alkanes of at least 4 members (excludes halogenated alkanes) is 1. The Kier molecular flexibility index (Phi) is 14.6. The van der Waals surface area contributed by atoms with Crippen molar-refractivity contribution in [2.24, 2.45) is 11.8 Å². The minimum absolute atomic E-state index is 0.0289. The molecule has 0 amide bonds. The maximum absolute atomic E-state index is 11.2. The number of aromatic hydroxyl groups is 4. The fourth-order valence-corrected chi connectivity index (χ4v) is 7.32. The van der Waals surface area contributed by atoms with E-state index in [0.717, 1.165) is 95.5 Å². The van der Waals surface area contributed by atoms with Gasteiger partial charge in [-0.3, -0.25) is 0 Å². The second-order valence-electron chi connectivity index (χ2n) is 13.2. The number of aliphatic hydroxyl groups is 1. The summed E-state index contributed by atoms with van der Waals surface area (Å²) in [5.41, 5.74) is 2.70. The van der Waals surface area contributed by atoms with Crippen LogP contribution in [0.15, 0.2) is 24.3 Å². The van der Waals surface area contributed by atoms with Crippen LogP contribution in [0.4, 0.5) is 0 Å². The van der Waals surface area contributed by atoms with E-state index in [0.29, 0.717) is 29.0 Å². The Bertz CT molecular complexity index is 1090. The lowest BCUT2D eigenvalue weighted by Gasteiger charge is -2.24. The van der Waals surface area contributed by atoms with Crippen molar-refractivity contribution in [3.8, 4) is 23.0 Å². The van der Waals surface area contributed by atoms with Crippen molar-refractivity contribution in [2.45, 2.75) is 140 Å². The van der Waals surface area contributed by atoms with Crippen LogP contribution in [0.25, 0.3) is 0 Å². The third-order valence-corrected chi connectivity index (χ3v) is 9.92. The monoisotopic (exact) mass is 636 g/mol. The van der Waals surface area contributed by atoms with Gasteiger partial charge in [-0.2, -0.15) is 0 Å². The van der Waals surface area contributed by atoms with Gasteiger partial charge in [0.15, 0.2) is 0 Å². The Labute approximate surface area is 269 Å². The molecule has 4 bridgehead atoms. The zero-order valence-electron chi connectivity index (χ0n) is 26.4. The molecule has 2 aromatic carbocycles. The Morgan fingerprint density at radius 3 is 1.74 bits per heavy atom. The third-order valence-electron chi connectivity index (χ3n) is 9.48. The number of phenols is 4. The molecular formula is C36H54Cl2O5. The van der Waals surface area contributed by atoms with Crippen molar-refractivity contribution in [1.29, 1.82) is 0 Å². The molecule has 5 unspecified atom stereocenters. The molecule has 0 spiro atoms. The summed E-state index contributed by atoms with van der Waals surface area (Å²) < 4.78 is 0. The minimum Gasteiger partial charge on any atom is -0.508 e. The molecule has 242 valence electrons. The van der Waals surface area contributed by atoms with Crippen molar-refractivity contribution in [2.75, 3.05) is 0 Å². The predicted octanol–water partition coefficient (Wildman–Crippen LogP) is 10.5. The molecule has 4 aliphatic rings. The first-order valence-corrected chi connectivity index (χ1v) is 17.5. The molecule has 0 heterocycles. The molecule has 7 heteroatoms. The van der Waals surface area contributed by atoms with Crippen LogP contribution in [0.2, 0.25) is 0 Å². The molecule has 0 saturated heterocycles. The van der Waals surface area contributed by atoms with E-state index in [1.165, 1.54) is 0 Å². The van der Waals surface area contributed by atoms with E-state index < -0.39 is 10.9 Å². The summed E-state index contributed by atoms with van der Waals surface area (Å²) in [6.07, 6.45) is 12.3. The Hall–Kier alpha value is -1.82. The van der Waals surface area contributed by atoms with E-state index >= 15 is 0 Å². The van der Waals surface area contributed by atoms with E-state index in [4.69, 9.17) is 23.2 Å². The van der Waals surface area contributed by atoms with Crippen LogP contribution in [0, 0.1) is 11.8 Å².